The number of nitrogens with zero attached hydrogens (tertiary/aromatic N) is 2. The van der Waals surface area contributed by atoms with Gasteiger partial charge in [0.1, 0.15) is 23.9 Å². The predicted octanol–water partition coefficient (Wildman–Crippen LogP) is 9.12. The van der Waals surface area contributed by atoms with E-state index in [1.807, 2.05) is 60.7 Å². The molecule has 4 aromatic carbocycles. The van der Waals surface area contributed by atoms with Gasteiger partial charge in [0.2, 0.25) is 0 Å². The van der Waals surface area contributed by atoms with Crippen LogP contribution in [0.25, 0.3) is 0 Å². The molecule has 0 atom stereocenters. The molecule has 0 saturated heterocycles. The van der Waals surface area contributed by atoms with Gasteiger partial charge in [0, 0.05) is 41.8 Å². The van der Waals surface area contributed by atoms with Gasteiger partial charge < -0.3 is 23.5 Å². The molecule has 0 unspecified atom stereocenters. The summed E-state index contributed by atoms with van der Waals surface area (Å²) in [5, 5.41) is 9.43. The number of anilines is 2. The average Bonchev–Trinajstić information content (AvgIpc) is 3.54. The molecule has 0 aliphatic rings. The van der Waals surface area contributed by atoms with Crippen molar-refractivity contribution in [1.29, 1.82) is 5.26 Å². The first kappa shape index (κ1) is 28.7. The standard InChI is InChI=1S/C35H33N3O3S/c1-3-42-37-34-11-6-12-35(26(34)2)38(23-29-8-4-7-28(19-29)21-36)22-27-13-15-31(16-14-27)41-33-10-5-9-32(20-33)40-25-30-17-18-39-24-30/h4-20,24,37H,3,22-23,25H2,1-2H3. The topological polar surface area (TPSA) is 70.7 Å². The molecule has 0 radical (unpaired) electrons. The number of rotatable bonds is 13. The van der Waals surface area contributed by atoms with Crippen LogP contribution in [-0.4, -0.2) is 5.75 Å². The predicted molar refractivity (Wildman–Crippen MR) is 170 cm³/mol. The Bertz CT molecular complexity index is 1630. The van der Waals surface area contributed by atoms with Gasteiger partial charge in [-0.05, 0) is 78.2 Å². The lowest BCUT2D eigenvalue weighted by atomic mass is 10.1. The Hall–Kier alpha value is -4.80. The lowest BCUT2D eigenvalue weighted by molar-refractivity contribution is 0.303. The molecule has 0 aliphatic heterocycles. The first-order chi connectivity index (χ1) is 20.6. The van der Waals surface area contributed by atoms with E-state index >= 15 is 0 Å². The van der Waals surface area contributed by atoms with E-state index in [0.717, 1.165) is 45.3 Å². The number of nitriles is 1. The molecule has 0 saturated carbocycles. The molecule has 7 heteroatoms. The molecule has 5 rings (SSSR count). The molecule has 42 heavy (non-hydrogen) atoms. The molecule has 0 aliphatic carbocycles. The largest absolute Gasteiger partial charge is 0.489 e. The minimum Gasteiger partial charge on any atom is -0.489 e. The minimum absolute atomic E-state index is 0.432. The van der Waals surface area contributed by atoms with E-state index in [2.05, 4.69) is 65.9 Å². The average molecular weight is 576 g/mol. The summed E-state index contributed by atoms with van der Waals surface area (Å²) < 4.78 is 20.6. The third-order valence-corrected chi connectivity index (χ3v) is 7.38. The second-order valence-electron chi connectivity index (χ2n) is 9.79. The van der Waals surface area contributed by atoms with Gasteiger partial charge in [-0.2, -0.15) is 5.26 Å². The van der Waals surface area contributed by atoms with Crippen LogP contribution in [0.3, 0.4) is 0 Å². The Morgan fingerprint density at radius 2 is 1.62 bits per heavy atom. The lowest BCUT2D eigenvalue weighted by Gasteiger charge is -2.28. The molecular weight excluding hydrogens is 542 g/mol. The molecule has 1 heterocycles. The maximum absolute atomic E-state index is 9.43. The van der Waals surface area contributed by atoms with Crippen molar-refractivity contribution >= 4 is 23.3 Å². The van der Waals surface area contributed by atoms with Crippen molar-refractivity contribution in [2.45, 2.75) is 33.5 Å². The number of hydrogen-bond acceptors (Lipinski definition) is 7. The number of hydrogen-bond donors (Lipinski definition) is 1. The Labute approximate surface area is 251 Å². The van der Waals surface area contributed by atoms with Crippen LogP contribution in [0, 0.1) is 18.3 Å². The normalized spacial score (nSPS) is 10.6. The quantitative estimate of drug-likeness (QED) is 0.140. The lowest BCUT2D eigenvalue weighted by Crippen LogP contribution is -2.23. The van der Waals surface area contributed by atoms with Crippen LogP contribution in [0.2, 0.25) is 0 Å². The van der Waals surface area contributed by atoms with E-state index in [4.69, 9.17) is 13.9 Å². The number of benzene rings is 4. The van der Waals surface area contributed by atoms with Gasteiger partial charge in [0.15, 0.2) is 0 Å². The molecule has 0 spiro atoms. The Morgan fingerprint density at radius 3 is 2.40 bits per heavy atom. The summed E-state index contributed by atoms with van der Waals surface area (Å²) in [5.41, 5.74) is 7.31. The maximum atomic E-state index is 9.43. The van der Waals surface area contributed by atoms with E-state index in [9.17, 15) is 5.26 Å². The molecule has 0 bridgehead atoms. The Balaban J connectivity index is 1.32. The van der Waals surface area contributed by atoms with Gasteiger partial charge in [0.25, 0.3) is 0 Å². The highest BCUT2D eigenvalue weighted by molar-refractivity contribution is 8.00. The summed E-state index contributed by atoms with van der Waals surface area (Å²) >= 11 is 1.68. The van der Waals surface area contributed by atoms with Crippen molar-refractivity contribution in [3.63, 3.8) is 0 Å². The highest BCUT2D eigenvalue weighted by Crippen LogP contribution is 2.32. The summed E-state index contributed by atoms with van der Waals surface area (Å²) in [6.07, 6.45) is 3.31. The molecule has 1 aromatic heterocycles. The second kappa shape index (κ2) is 14.2. The van der Waals surface area contributed by atoms with Gasteiger partial charge >= 0.3 is 0 Å². The summed E-state index contributed by atoms with van der Waals surface area (Å²) in [6, 6.07) is 34.1. The zero-order chi connectivity index (χ0) is 29.1. The van der Waals surface area contributed by atoms with Crippen LogP contribution in [-0.2, 0) is 19.7 Å². The number of nitrogens with one attached hydrogen (secondary N) is 1. The van der Waals surface area contributed by atoms with Crippen LogP contribution >= 0.6 is 11.9 Å². The van der Waals surface area contributed by atoms with Gasteiger partial charge in [0.05, 0.1) is 24.2 Å². The van der Waals surface area contributed by atoms with Gasteiger partial charge in [-0.3, -0.25) is 0 Å². The van der Waals surface area contributed by atoms with Crippen LogP contribution in [0.1, 0.15) is 34.7 Å². The molecular formula is C35H33N3O3S. The third kappa shape index (κ3) is 7.68. The number of ether oxygens (including phenoxy) is 2. The Morgan fingerprint density at radius 1 is 0.833 bits per heavy atom. The second-order valence-corrected chi connectivity index (χ2v) is 10.9. The van der Waals surface area contributed by atoms with Crippen LogP contribution in [0.15, 0.2) is 114 Å². The molecule has 6 nitrogen and oxygen atoms in total. The van der Waals surface area contributed by atoms with Crippen LogP contribution in [0.5, 0.6) is 17.2 Å². The zero-order valence-electron chi connectivity index (χ0n) is 23.7. The SMILES string of the molecule is CCSNc1cccc(N(Cc2ccc(Oc3cccc(OCc4ccoc4)c3)cc2)Cc2cccc(C#N)c2)c1C. The number of furan rings is 1. The fourth-order valence-electron chi connectivity index (χ4n) is 4.60. The molecule has 5 aromatic rings. The first-order valence-corrected chi connectivity index (χ1v) is 14.8. The molecule has 0 fully saturated rings. The van der Waals surface area contributed by atoms with Crippen molar-refractivity contribution in [1.82, 2.24) is 0 Å². The van der Waals surface area contributed by atoms with Crippen molar-refractivity contribution in [2.24, 2.45) is 0 Å². The van der Waals surface area contributed by atoms with E-state index < -0.39 is 0 Å². The summed E-state index contributed by atoms with van der Waals surface area (Å²) in [6.45, 7) is 6.08. The van der Waals surface area contributed by atoms with Crippen molar-refractivity contribution in [2.75, 3.05) is 15.4 Å². The monoisotopic (exact) mass is 575 g/mol. The zero-order valence-corrected chi connectivity index (χ0v) is 24.6. The van der Waals surface area contributed by atoms with Crippen LogP contribution in [0.4, 0.5) is 11.4 Å². The van der Waals surface area contributed by atoms with Gasteiger partial charge in [-0.1, -0.05) is 55.3 Å². The van der Waals surface area contributed by atoms with E-state index in [1.165, 1.54) is 5.56 Å². The highest BCUT2D eigenvalue weighted by atomic mass is 32.2. The fraction of sp³-hybridized carbons (Fsp3) is 0.171. The van der Waals surface area contributed by atoms with Crippen molar-refractivity contribution in [3.8, 4) is 23.3 Å². The molecule has 0 amide bonds. The van der Waals surface area contributed by atoms with Gasteiger partial charge in [-0.15, -0.1) is 0 Å². The minimum atomic E-state index is 0.432. The summed E-state index contributed by atoms with van der Waals surface area (Å²) in [5.74, 6) is 3.16. The molecule has 212 valence electrons. The van der Waals surface area contributed by atoms with Gasteiger partial charge in [-0.25, -0.2) is 0 Å². The van der Waals surface area contributed by atoms with Crippen LogP contribution < -0.4 is 19.1 Å². The highest BCUT2D eigenvalue weighted by Gasteiger charge is 2.14. The van der Waals surface area contributed by atoms with E-state index in [0.29, 0.717) is 31.0 Å². The maximum Gasteiger partial charge on any atom is 0.131 e. The van der Waals surface area contributed by atoms with E-state index in [1.54, 1.807) is 24.5 Å². The Kier molecular flexibility index (Phi) is 9.71. The smallest absolute Gasteiger partial charge is 0.131 e. The third-order valence-electron chi connectivity index (χ3n) is 6.73. The van der Waals surface area contributed by atoms with Crippen molar-refractivity contribution in [3.05, 3.63) is 137 Å². The summed E-state index contributed by atoms with van der Waals surface area (Å²) in [4.78, 5) is 2.35. The van der Waals surface area contributed by atoms with Crippen molar-refractivity contribution < 1.29 is 13.9 Å². The summed E-state index contributed by atoms with van der Waals surface area (Å²) in [7, 11) is 0. The fourth-order valence-corrected chi connectivity index (χ4v) is 5.12. The molecule has 1 N–H and O–H groups in total. The van der Waals surface area contributed by atoms with E-state index in [-0.39, 0.29) is 0 Å². The first-order valence-electron chi connectivity index (χ1n) is 13.8.